The largest absolute Gasteiger partial charge is 0.384 e. The van der Waals surface area contributed by atoms with Crippen molar-refractivity contribution in [2.24, 2.45) is 5.92 Å². The number of morpholine rings is 1. The molecule has 2 rings (SSSR count). The summed E-state index contributed by atoms with van der Waals surface area (Å²) in [6.07, 6.45) is 0. The van der Waals surface area contributed by atoms with Crippen LogP contribution >= 0.6 is 11.6 Å². The summed E-state index contributed by atoms with van der Waals surface area (Å²) in [6.45, 7) is 9.21. The molecule has 22 heavy (non-hydrogen) atoms. The molecule has 0 aromatic heterocycles. The molecule has 0 spiro atoms. The first kappa shape index (κ1) is 17.0. The summed E-state index contributed by atoms with van der Waals surface area (Å²) in [5.74, 6) is 0.449. The van der Waals surface area contributed by atoms with Gasteiger partial charge in [-0.05, 0) is 18.9 Å². The number of nitrogens with zero attached hydrogens (tertiary/aromatic N) is 2. The van der Waals surface area contributed by atoms with Crippen LogP contribution in [0.2, 0.25) is 5.02 Å². The minimum absolute atomic E-state index is 0.0527. The number of nitro groups is 1. The van der Waals surface area contributed by atoms with Crippen LogP contribution in [-0.4, -0.2) is 49.2 Å². The number of halogens is 1. The maximum atomic E-state index is 10.9. The zero-order valence-electron chi connectivity index (χ0n) is 13.0. The molecule has 7 heteroatoms. The lowest BCUT2D eigenvalue weighted by atomic mass is 10.1. The highest BCUT2D eigenvalue weighted by Crippen LogP contribution is 2.30. The number of hydrogen-bond donors (Lipinski definition) is 1. The molecule has 1 aliphatic rings. The summed E-state index contributed by atoms with van der Waals surface area (Å²) in [7, 11) is 0. The Morgan fingerprint density at radius 2 is 2.14 bits per heavy atom. The van der Waals surface area contributed by atoms with Gasteiger partial charge in [0.2, 0.25) is 0 Å². The van der Waals surface area contributed by atoms with Crippen molar-refractivity contribution in [2.75, 3.05) is 44.7 Å². The fraction of sp³-hybridized carbons (Fsp3) is 0.600. The molecule has 1 aromatic carbocycles. The quantitative estimate of drug-likeness (QED) is 0.642. The molecule has 6 nitrogen and oxygen atoms in total. The lowest BCUT2D eigenvalue weighted by molar-refractivity contribution is -0.385. The molecular formula is C15H22ClN3O3. The van der Waals surface area contributed by atoms with Gasteiger partial charge in [0.05, 0.1) is 28.8 Å². The summed E-state index contributed by atoms with van der Waals surface area (Å²) in [4.78, 5) is 12.9. The van der Waals surface area contributed by atoms with E-state index in [0.29, 0.717) is 16.5 Å². The van der Waals surface area contributed by atoms with Crippen LogP contribution in [0, 0.1) is 23.0 Å². The average molecular weight is 328 g/mol. The Morgan fingerprint density at radius 1 is 1.45 bits per heavy atom. The molecule has 0 saturated carbocycles. The van der Waals surface area contributed by atoms with Gasteiger partial charge in [-0.2, -0.15) is 0 Å². The first-order chi connectivity index (χ1) is 10.5. The van der Waals surface area contributed by atoms with Crippen molar-refractivity contribution < 1.29 is 9.66 Å². The number of ether oxygens (including phenoxy) is 1. The molecule has 1 saturated heterocycles. The third-order valence-electron chi connectivity index (χ3n) is 3.80. The van der Waals surface area contributed by atoms with Crippen molar-refractivity contribution in [1.29, 1.82) is 0 Å². The van der Waals surface area contributed by atoms with Crippen molar-refractivity contribution in [3.8, 4) is 0 Å². The minimum Gasteiger partial charge on any atom is -0.384 e. The van der Waals surface area contributed by atoms with Gasteiger partial charge in [-0.1, -0.05) is 18.5 Å². The lowest BCUT2D eigenvalue weighted by Crippen LogP contribution is -2.40. The molecule has 122 valence electrons. The molecule has 1 atom stereocenters. The zero-order valence-corrected chi connectivity index (χ0v) is 13.7. The lowest BCUT2D eigenvalue weighted by Gasteiger charge is -2.29. The third kappa shape index (κ3) is 4.56. The van der Waals surface area contributed by atoms with Crippen LogP contribution in [0.15, 0.2) is 12.1 Å². The van der Waals surface area contributed by atoms with Gasteiger partial charge in [-0.25, -0.2) is 0 Å². The van der Waals surface area contributed by atoms with Crippen LogP contribution in [0.25, 0.3) is 0 Å². The van der Waals surface area contributed by atoms with E-state index in [1.807, 2.05) is 0 Å². The first-order valence-corrected chi connectivity index (χ1v) is 7.83. The van der Waals surface area contributed by atoms with Crippen molar-refractivity contribution >= 4 is 23.0 Å². The Hall–Kier alpha value is -1.37. The molecule has 1 aliphatic heterocycles. The van der Waals surface area contributed by atoms with Crippen LogP contribution in [0.5, 0.6) is 0 Å². The smallest absolute Gasteiger partial charge is 0.273 e. The highest BCUT2D eigenvalue weighted by Gasteiger charge is 2.16. The second-order valence-corrected chi connectivity index (χ2v) is 6.18. The molecule has 0 aliphatic carbocycles. The van der Waals surface area contributed by atoms with E-state index >= 15 is 0 Å². The standard InChI is InChI=1S/C15H22ClN3O3/c1-11(10-18-3-5-22-6-4-18)9-17-14-7-12(2)15(19(20)21)8-13(14)16/h7-8,11,17H,3-6,9-10H2,1-2H3. The van der Waals surface area contributed by atoms with Crippen molar-refractivity contribution in [3.05, 3.63) is 32.8 Å². The Morgan fingerprint density at radius 3 is 2.77 bits per heavy atom. The summed E-state index contributed by atoms with van der Waals surface area (Å²) >= 11 is 6.13. The number of benzene rings is 1. The summed E-state index contributed by atoms with van der Waals surface area (Å²) in [5.41, 5.74) is 1.41. The molecule has 1 heterocycles. The van der Waals surface area contributed by atoms with Crippen molar-refractivity contribution in [2.45, 2.75) is 13.8 Å². The normalized spacial score (nSPS) is 17.2. The summed E-state index contributed by atoms with van der Waals surface area (Å²) < 4.78 is 5.34. The predicted octanol–water partition coefficient (Wildman–Crippen LogP) is 2.94. The van der Waals surface area contributed by atoms with E-state index in [1.54, 1.807) is 13.0 Å². The first-order valence-electron chi connectivity index (χ1n) is 7.46. The molecule has 0 radical (unpaired) electrons. The van der Waals surface area contributed by atoms with Crippen LogP contribution in [0.3, 0.4) is 0 Å². The monoisotopic (exact) mass is 327 g/mol. The molecule has 1 N–H and O–H groups in total. The number of rotatable bonds is 6. The third-order valence-corrected chi connectivity index (χ3v) is 4.11. The minimum atomic E-state index is -0.411. The molecule has 1 aromatic rings. The second-order valence-electron chi connectivity index (χ2n) is 5.77. The number of hydrogen-bond acceptors (Lipinski definition) is 5. The highest BCUT2D eigenvalue weighted by atomic mass is 35.5. The summed E-state index contributed by atoms with van der Waals surface area (Å²) in [6, 6.07) is 3.15. The van der Waals surface area contributed by atoms with Gasteiger partial charge >= 0.3 is 0 Å². The molecular weight excluding hydrogens is 306 g/mol. The van der Waals surface area contributed by atoms with Gasteiger partial charge in [0.15, 0.2) is 0 Å². The SMILES string of the molecule is Cc1cc(NCC(C)CN2CCOCC2)c(Cl)cc1[N+](=O)[O-]. The van der Waals surface area contributed by atoms with E-state index in [-0.39, 0.29) is 5.69 Å². The van der Waals surface area contributed by atoms with Crippen LogP contribution in [0.4, 0.5) is 11.4 Å². The maximum absolute atomic E-state index is 10.9. The zero-order chi connectivity index (χ0) is 16.1. The van der Waals surface area contributed by atoms with E-state index in [2.05, 4.69) is 17.1 Å². The Bertz CT molecular complexity index is 533. The number of aryl methyl sites for hydroxylation is 1. The van der Waals surface area contributed by atoms with Gasteiger partial charge in [0.25, 0.3) is 5.69 Å². The molecule has 1 fully saturated rings. The molecule has 0 bridgehead atoms. The van der Waals surface area contributed by atoms with Crippen LogP contribution < -0.4 is 5.32 Å². The Kier molecular flexibility index (Phi) is 5.99. The fourth-order valence-electron chi connectivity index (χ4n) is 2.58. The maximum Gasteiger partial charge on any atom is 0.273 e. The van der Waals surface area contributed by atoms with E-state index < -0.39 is 4.92 Å². The highest BCUT2D eigenvalue weighted by molar-refractivity contribution is 6.33. The van der Waals surface area contributed by atoms with E-state index in [9.17, 15) is 10.1 Å². The number of anilines is 1. The van der Waals surface area contributed by atoms with E-state index in [1.165, 1.54) is 6.07 Å². The molecule has 0 amide bonds. The van der Waals surface area contributed by atoms with Gasteiger partial charge < -0.3 is 10.1 Å². The van der Waals surface area contributed by atoms with Crippen LogP contribution in [-0.2, 0) is 4.74 Å². The fourth-order valence-corrected chi connectivity index (χ4v) is 2.80. The van der Waals surface area contributed by atoms with E-state index in [0.717, 1.165) is 45.1 Å². The Labute approximate surface area is 135 Å². The van der Waals surface area contributed by atoms with Gasteiger partial charge in [0.1, 0.15) is 0 Å². The van der Waals surface area contributed by atoms with Gasteiger partial charge in [-0.3, -0.25) is 15.0 Å². The van der Waals surface area contributed by atoms with Crippen molar-refractivity contribution in [3.63, 3.8) is 0 Å². The molecule has 1 unspecified atom stereocenters. The Balaban J connectivity index is 1.90. The van der Waals surface area contributed by atoms with E-state index in [4.69, 9.17) is 16.3 Å². The number of nitrogens with one attached hydrogen (secondary N) is 1. The second kappa shape index (κ2) is 7.76. The van der Waals surface area contributed by atoms with Gasteiger partial charge in [-0.15, -0.1) is 0 Å². The van der Waals surface area contributed by atoms with Gasteiger partial charge in [0, 0.05) is 37.8 Å². The average Bonchev–Trinajstić information content (AvgIpc) is 2.48. The van der Waals surface area contributed by atoms with Crippen LogP contribution in [0.1, 0.15) is 12.5 Å². The topological polar surface area (TPSA) is 67.6 Å². The van der Waals surface area contributed by atoms with Crippen molar-refractivity contribution in [1.82, 2.24) is 4.90 Å². The predicted molar refractivity (Wildman–Crippen MR) is 87.8 cm³/mol. The number of nitro benzene ring substituents is 1. The summed E-state index contributed by atoms with van der Waals surface area (Å²) in [5, 5.41) is 14.6.